The lowest BCUT2D eigenvalue weighted by molar-refractivity contribution is 0.196. The van der Waals surface area contributed by atoms with Crippen LogP contribution < -0.4 is 15.4 Å². The highest BCUT2D eigenvalue weighted by Gasteiger charge is 2.14. The molecule has 0 saturated carbocycles. The summed E-state index contributed by atoms with van der Waals surface area (Å²) in [4.78, 5) is 0. The highest BCUT2D eigenvalue weighted by Crippen LogP contribution is 2.30. The Bertz CT molecular complexity index is 790. The smallest absolute Gasteiger partial charge is 0.143 e. The second kappa shape index (κ2) is 10.4. The molecule has 0 aliphatic rings. The summed E-state index contributed by atoms with van der Waals surface area (Å²) in [5.41, 5.74) is 3.57. The zero-order chi connectivity index (χ0) is 18.7. The lowest BCUT2D eigenvalue weighted by Gasteiger charge is -2.22. The monoisotopic (exact) mass is 360 g/mol. The Balaban J connectivity index is 1.67. The third-order valence-corrected chi connectivity index (χ3v) is 4.56. The summed E-state index contributed by atoms with van der Waals surface area (Å²) in [5.74, 6) is 0.899. The summed E-state index contributed by atoms with van der Waals surface area (Å²) in [6.45, 7) is 1.78. The highest BCUT2D eigenvalue weighted by molar-refractivity contribution is 5.56. The van der Waals surface area contributed by atoms with Gasteiger partial charge in [0.2, 0.25) is 0 Å². The number of hydrogen-bond acceptors (Lipinski definition) is 3. The SMILES string of the molecule is CNCCC(Oc1ccccc1NCCc1ccccc1)c1ccccc1. The molecule has 0 bridgehead atoms. The first kappa shape index (κ1) is 19.0. The first-order chi connectivity index (χ1) is 13.4. The van der Waals surface area contributed by atoms with E-state index in [1.54, 1.807) is 0 Å². The van der Waals surface area contributed by atoms with Crippen molar-refractivity contribution in [1.29, 1.82) is 0 Å². The van der Waals surface area contributed by atoms with Crippen LogP contribution in [0.3, 0.4) is 0 Å². The van der Waals surface area contributed by atoms with E-state index >= 15 is 0 Å². The maximum atomic E-state index is 6.43. The van der Waals surface area contributed by atoms with Crippen molar-refractivity contribution in [2.75, 3.05) is 25.5 Å². The van der Waals surface area contributed by atoms with Gasteiger partial charge in [0.15, 0.2) is 0 Å². The third-order valence-electron chi connectivity index (χ3n) is 4.56. The molecule has 3 heteroatoms. The van der Waals surface area contributed by atoms with E-state index in [0.717, 1.165) is 37.4 Å². The fourth-order valence-electron chi connectivity index (χ4n) is 3.09. The van der Waals surface area contributed by atoms with Gasteiger partial charge in [-0.2, -0.15) is 0 Å². The van der Waals surface area contributed by atoms with Crippen molar-refractivity contribution in [1.82, 2.24) is 5.32 Å². The molecule has 1 atom stereocenters. The molecule has 0 aliphatic carbocycles. The maximum Gasteiger partial charge on any atom is 0.143 e. The van der Waals surface area contributed by atoms with Crippen molar-refractivity contribution >= 4 is 5.69 Å². The predicted molar refractivity (Wildman–Crippen MR) is 113 cm³/mol. The van der Waals surface area contributed by atoms with E-state index in [-0.39, 0.29) is 6.10 Å². The van der Waals surface area contributed by atoms with Gasteiger partial charge in [-0.25, -0.2) is 0 Å². The number of benzene rings is 3. The van der Waals surface area contributed by atoms with Gasteiger partial charge in [-0.15, -0.1) is 0 Å². The van der Waals surface area contributed by atoms with Gasteiger partial charge in [-0.05, 0) is 43.3 Å². The van der Waals surface area contributed by atoms with E-state index in [4.69, 9.17) is 4.74 Å². The van der Waals surface area contributed by atoms with Crippen molar-refractivity contribution < 1.29 is 4.74 Å². The fourth-order valence-corrected chi connectivity index (χ4v) is 3.09. The van der Waals surface area contributed by atoms with Crippen molar-refractivity contribution in [2.24, 2.45) is 0 Å². The molecular formula is C24H28N2O. The number of hydrogen-bond donors (Lipinski definition) is 2. The molecule has 0 amide bonds. The molecule has 3 aromatic rings. The van der Waals surface area contributed by atoms with Crippen LogP contribution in [0.2, 0.25) is 0 Å². The predicted octanol–water partition coefficient (Wildman–Crippen LogP) is 5.07. The van der Waals surface area contributed by atoms with Crippen molar-refractivity contribution in [2.45, 2.75) is 18.9 Å². The Labute approximate surface area is 162 Å². The maximum absolute atomic E-state index is 6.43. The molecule has 0 aliphatic heterocycles. The number of rotatable bonds is 10. The minimum absolute atomic E-state index is 0.0238. The van der Waals surface area contributed by atoms with Crippen LogP contribution in [0.1, 0.15) is 23.7 Å². The fraction of sp³-hybridized carbons (Fsp3) is 0.250. The Morgan fingerprint density at radius 3 is 2.19 bits per heavy atom. The number of anilines is 1. The first-order valence-electron chi connectivity index (χ1n) is 9.60. The number of para-hydroxylation sites is 2. The second-order valence-corrected chi connectivity index (χ2v) is 6.57. The molecule has 27 heavy (non-hydrogen) atoms. The molecule has 0 saturated heterocycles. The van der Waals surface area contributed by atoms with E-state index in [2.05, 4.69) is 71.3 Å². The molecule has 140 valence electrons. The summed E-state index contributed by atoms with van der Waals surface area (Å²) < 4.78 is 6.43. The molecule has 3 aromatic carbocycles. The number of ether oxygens (including phenoxy) is 1. The first-order valence-corrected chi connectivity index (χ1v) is 9.60. The summed E-state index contributed by atoms with van der Waals surface area (Å²) in [6, 6.07) is 29.2. The lowest BCUT2D eigenvalue weighted by atomic mass is 10.1. The van der Waals surface area contributed by atoms with Crippen LogP contribution in [0.25, 0.3) is 0 Å². The standard InChI is InChI=1S/C24H28N2O/c1-25-18-17-23(21-12-6-3-7-13-21)27-24-15-9-8-14-22(24)26-19-16-20-10-4-2-5-11-20/h2-15,23,25-26H,16-19H2,1H3. The average molecular weight is 361 g/mol. The van der Waals surface area contributed by atoms with Gasteiger partial charge in [-0.1, -0.05) is 72.8 Å². The molecular weight excluding hydrogens is 332 g/mol. The van der Waals surface area contributed by atoms with E-state index in [1.807, 2.05) is 31.3 Å². The zero-order valence-electron chi connectivity index (χ0n) is 15.9. The van der Waals surface area contributed by atoms with E-state index < -0.39 is 0 Å². The van der Waals surface area contributed by atoms with Gasteiger partial charge in [0.05, 0.1) is 5.69 Å². The van der Waals surface area contributed by atoms with Crippen LogP contribution in [0.5, 0.6) is 5.75 Å². The Hall–Kier alpha value is -2.78. The topological polar surface area (TPSA) is 33.3 Å². The largest absolute Gasteiger partial charge is 0.484 e. The lowest BCUT2D eigenvalue weighted by Crippen LogP contribution is -2.17. The second-order valence-electron chi connectivity index (χ2n) is 6.57. The Kier molecular flexibility index (Phi) is 7.31. The third kappa shape index (κ3) is 5.87. The molecule has 3 rings (SSSR count). The van der Waals surface area contributed by atoms with Crippen LogP contribution in [-0.2, 0) is 6.42 Å². The van der Waals surface area contributed by atoms with Gasteiger partial charge in [0.25, 0.3) is 0 Å². The molecule has 0 spiro atoms. The molecule has 0 aromatic heterocycles. The van der Waals surface area contributed by atoms with Crippen molar-refractivity contribution in [3.63, 3.8) is 0 Å². The van der Waals surface area contributed by atoms with Gasteiger partial charge in [-0.3, -0.25) is 0 Å². The summed E-state index contributed by atoms with van der Waals surface area (Å²) >= 11 is 0. The van der Waals surface area contributed by atoms with E-state index in [9.17, 15) is 0 Å². The molecule has 0 fully saturated rings. The Morgan fingerprint density at radius 1 is 0.778 bits per heavy atom. The van der Waals surface area contributed by atoms with E-state index in [1.165, 1.54) is 11.1 Å². The normalized spacial score (nSPS) is 11.7. The molecule has 2 N–H and O–H groups in total. The molecule has 3 nitrogen and oxygen atoms in total. The average Bonchev–Trinajstić information content (AvgIpc) is 2.73. The van der Waals surface area contributed by atoms with Gasteiger partial charge in [0, 0.05) is 13.0 Å². The molecule has 0 radical (unpaired) electrons. The molecule has 1 unspecified atom stereocenters. The van der Waals surface area contributed by atoms with Crippen LogP contribution >= 0.6 is 0 Å². The number of nitrogens with one attached hydrogen (secondary N) is 2. The van der Waals surface area contributed by atoms with Crippen LogP contribution in [0.15, 0.2) is 84.9 Å². The Morgan fingerprint density at radius 2 is 1.44 bits per heavy atom. The van der Waals surface area contributed by atoms with Crippen molar-refractivity contribution in [3.8, 4) is 5.75 Å². The quantitative estimate of drug-likeness (QED) is 0.529. The minimum Gasteiger partial charge on any atom is -0.484 e. The summed E-state index contributed by atoms with van der Waals surface area (Å²) in [5, 5.41) is 6.76. The summed E-state index contributed by atoms with van der Waals surface area (Å²) in [7, 11) is 1.97. The van der Waals surface area contributed by atoms with Crippen molar-refractivity contribution in [3.05, 3.63) is 96.1 Å². The minimum atomic E-state index is 0.0238. The van der Waals surface area contributed by atoms with Gasteiger partial charge >= 0.3 is 0 Å². The molecule has 0 heterocycles. The van der Waals surface area contributed by atoms with Gasteiger partial charge < -0.3 is 15.4 Å². The van der Waals surface area contributed by atoms with Crippen LogP contribution in [-0.4, -0.2) is 20.1 Å². The van der Waals surface area contributed by atoms with Gasteiger partial charge in [0.1, 0.15) is 11.9 Å². The zero-order valence-corrected chi connectivity index (χ0v) is 15.9. The van der Waals surface area contributed by atoms with Crippen LogP contribution in [0, 0.1) is 0 Å². The summed E-state index contributed by atoms with van der Waals surface area (Å²) in [6.07, 6.45) is 1.92. The highest BCUT2D eigenvalue weighted by atomic mass is 16.5. The van der Waals surface area contributed by atoms with Crippen LogP contribution in [0.4, 0.5) is 5.69 Å². The van der Waals surface area contributed by atoms with E-state index in [0.29, 0.717) is 0 Å².